The number of hydrogen-bond donors (Lipinski definition) is 1. The van der Waals surface area contributed by atoms with Gasteiger partial charge in [0.15, 0.2) is 5.65 Å². The van der Waals surface area contributed by atoms with E-state index in [0.717, 1.165) is 42.3 Å². The van der Waals surface area contributed by atoms with Crippen LogP contribution in [0.5, 0.6) is 0 Å². The van der Waals surface area contributed by atoms with Crippen LogP contribution >= 0.6 is 11.3 Å². The zero-order chi connectivity index (χ0) is 22.2. The minimum Gasteiger partial charge on any atom is -0.352 e. The molecule has 1 aromatic carbocycles. The van der Waals surface area contributed by atoms with Gasteiger partial charge in [-0.3, -0.25) is 4.79 Å². The number of thiophene rings is 1. The molecule has 8 heteroatoms. The van der Waals surface area contributed by atoms with Crippen molar-refractivity contribution in [3.8, 4) is 0 Å². The van der Waals surface area contributed by atoms with Crippen LogP contribution in [-0.2, 0) is 30.6 Å². The van der Waals surface area contributed by atoms with Gasteiger partial charge in [0.2, 0.25) is 5.91 Å². The maximum absolute atomic E-state index is 12.7. The molecule has 0 bridgehead atoms. The monoisotopic (exact) mass is 449 g/mol. The number of aromatic nitrogens is 4. The van der Waals surface area contributed by atoms with Crippen LogP contribution in [0.4, 0.5) is 0 Å². The van der Waals surface area contributed by atoms with Gasteiger partial charge in [-0.05, 0) is 56.1 Å². The van der Waals surface area contributed by atoms with E-state index in [-0.39, 0.29) is 18.5 Å². The molecule has 1 aliphatic carbocycles. The molecular weight excluding hydrogens is 422 g/mol. The van der Waals surface area contributed by atoms with Crippen LogP contribution in [0.25, 0.3) is 15.9 Å². The third kappa shape index (κ3) is 3.95. The molecule has 4 aromatic rings. The summed E-state index contributed by atoms with van der Waals surface area (Å²) in [6, 6.07) is 10.2. The zero-order valence-electron chi connectivity index (χ0n) is 18.4. The van der Waals surface area contributed by atoms with Crippen molar-refractivity contribution in [3.05, 3.63) is 63.1 Å². The Balaban J connectivity index is 1.35. The average molecular weight is 450 g/mol. The second-order valence-corrected chi connectivity index (χ2v) is 9.97. The summed E-state index contributed by atoms with van der Waals surface area (Å²) in [7, 11) is 0. The summed E-state index contributed by atoms with van der Waals surface area (Å²) in [5.74, 6) is 0.467. The second kappa shape index (κ2) is 8.50. The Bertz CT molecular complexity index is 1340. The summed E-state index contributed by atoms with van der Waals surface area (Å²) in [5, 5.41) is 3.99. The summed E-state index contributed by atoms with van der Waals surface area (Å²) in [6.07, 6.45) is 6.51. The lowest BCUT2D eigenvalue weighted by atomic mass is 9.89. The molecule has 3 heterocycles. The lowest BCUT2D eigenvalue weighted by Crippen LogP contribution is -2.38. The number of nitrogens with zero attached hydrogens (tertiary/aromatic N) is 4. The molecule has 1 amide bonds. The summed E-state index contributed by atoms with van der Waals surface area (Å²) in [5.41, 5.74) is 2.71. The molecule has 32 heavy (non-hydrogen) atoms. The number of nitrogens with one attached hydrogen (secondary N) is 1. The van der Waals surface area contributed by atoms with Gasteiger partial charge in [0, 0.05) is 10.9 Å². The van der Waals surface area contributed by atoms with E-state index in [2.05, 4.69) is 34.3 Å². The van der Waals surface area contributed by atoms with Crippen molar-refractivity contribution in [2.45, 2.75) is 58.5 Å². The van der Waals surface area contributed by atoms with Crippen LogP contribution in [0, 0.1) is 5.92 Å². The van der Waals surface area contributed by atoms with Crippen molar-refractivity contribution in [3.63, 3.8) is 0 Å². The third-order valence-electron chi connectivity index (χ3n) is 6.31. The molecule has 166 valence electrons. The summed E-state index contributed by atoms with van der Waals surface area (Å²) in [4.78, 5) is 36.5. The summed E-state index contributed by atoms with van der Waals surface area (Å²) < 4.78 is 3.01. The van der Waals surface area contributed by atoms with Gasteiger partial charge in [-0.2, -0.15) is 4.98 Å². The molecule has 5 rings (SSSR count). The van der Waals surface area contributed by atoms with Gasteiger partial charge < -0.3 is 5.32 Å². The predicted molar refractivity (Wildman–Crippen MR) is 126 cm³/mol. The van der Waals surface area contributed by atoms with Gasteiger partial charge in [0.1, 0.15) is 17.7 Å². The normalized spacial score (nSPS) is 16.9. The Labute approximate surface area is 190 Å². The van der Waals surface area contributed by atoms with Crippen LogP contribution in [0.2, 0.25) is 0 Å². The number of rotatable bonds is 6. The van der Waals surface area contributed by atoms with Crippen LogP contribution < -0.4 is 11.0 Å². The number of benzene rings is 1. The molecule has 0 radical (unpaired) electrons. The van der Waals surface area contributed by atoms with Crippen molar-refractivity contribution in [1.82, 2.24) is 24.5 Å². The van der Waals surface area contributed by atoms with Crippen molar-refractivity contribution < 1.29 is 4.79 Å². The van der Waals surface area contributed by atoms with Crippen molar-refractivity contribution in [2.24, 2.45) is 5.92 Å². The van der Waals surface area contributed by atoms with E-state index < -0.39 is 5.69 Å². The molecule has 0 unspecified atom stereocenters. The summed E-state index contributed by atoms with van der Waals surface area (Å²) >= 11 is 1.70. The smallest absolute Gasteiger partial charge is 0.352 e. The largest absolute Gasteiger partial charge is 0.365 e. The zero-order valence-corrected chi connectivity index (χ0v) is 19.2. The minimum absolute atomic E-state index is 0.00769. The van der Waals surface area contributed by atoms with Crippen molar-refractivity contribution in [1.29, 1.82) is 0 Å². The van der Waals surface area contributed by atoms with Crippen LogP contribution in [-0.4, -0.2) is 31.1 Å². The van der Waals surface area contributed by atoms with Crippen molar-refractivity contribution in [2.75, 3.05) is 0 Å². The predicted octanol–water partition coefficient (Wildman–Crippen LogP) is 3.37. The van der Waals surface area contributed by atoms with E-state index in [1.807, 2.05) is 25.1 Å². The molecule has 0 saturated heterocycles. The number of carbonyl (C=O) groups excluding carboxylic acids is 1. The molecule has 2 atom stereocenters. The Morgan fingerprint density at radius 2 is 2.12 bits per heavy atom. The number of carbonyl (C=O) groups is 1. The minimum atomic E-state index is -0.421. The first-order valence-corrected chi connectivity index (χ1v) is 12.0. The maximum atomic E-state index is 12.7. The molecule has 0 fully saturated rings. The van der Waals surface area contributed by atoms with Crippen LogP contribution in [0.15, 0.2) is 41.5 Å². The highest BCUT2D eigenvalue weighted by atomic mass is 32.1. The second-order valence-electron chi connectivity index (χ2n) is 8.89. The molecule has 0 aliphatic heterocycles. The van der Waals surface area contributed by atoms with E-state index in [0.29, 0.717) is 11.6 Å². The molecule has 0 saturated carbocycles. The fourth-order valence-corrected chi connectivity index (χ4v) is 5.90. The van der Waals surface area contributed by atoms with E-state index in [1.54, 1.807) is 22.2 Å². The average Bonchev–Trinajstić information content (AvgIpc) is 3.29. The standard InChI is InChI=1S/C24H27N5O2S/c1-15-8-11-18-19(12-15)32-23-21(18)22-27-24(31)28(29(22)14-25-23)13-20(30)26-16(2)9-10-17-6-4-3-5-7-17/h3-7,14-16H,8-13H2,1-2H3,(H,26,30)/t15-,16-/m0/s1. The topological polar surface area (TPSA) is 81.3 Å². The lowest BCUT2D eigenvalue weighted by Gasteiger charge is -2.17. The molecule has 7 nitrogen and oxygen atoms in total. The van der Waals surface area contributed by atoms with Gasteiger partial charge in [-0.25, -0.2) is 19.0 Å². The highest BCUT2D eigenvalue weighted by Crippen LogP contribution is 2.38. The number of aryl methyl sites for hydroxylation is 2. The van der Waals surface area contributed by atoms with Gasteiger partial charge in [0.05, 0.1) is 5.39 Å². The number of fused-ring (bicyclic) bond motifs is 5. The molecular formula is C24H27N5O2S. The Morgan fingerprint density at radius 3 is 2.94 bits per heavy atom. The molecule has 1 aliphatic rings. The first-order valence-electron chi connectivity index (χ1n) is 11.2. The number of amides is 1. The molecule has 1 N–H and O–H groups in total. The fourth-order valence-electron chi connectivity index (χ4n) is 4.56. The quantitative estimate of drug-likeness (QED) is 0.489. The molecule has 3 aromatic heterocycles. The van der Waals surface area contributed by atoms with Gasteiger partial charge in [-0.1, -0.05) is 37.3 Å². The third-order valence-corrected chi connectivity index (χ3v) is 7.47. The highest BCUT2D eigenvalue weighted by Gasteiger charge is 2.24. The van der Waals surface area contributed by atoms with E-state index in [9.17, 15) is 9.59 Å². The Morgan fingerprint density at radius 1 is 1.31 bits per heavy atom. The molecule has 0 spiro atoms. The Kier molecular flexibility index (Phi) is 5.55. The lowest BCUT2D eigenvalue weighted by molar-refractivity contribution is -0.122. The van der Waals surface area contributed by atoms with Crippen molar-refractivity contribution >= 4 is 33.1 Å². The fraction of sp³-hybridized carbons (Fsp3) is 0.417. The number of hydrogen-bond acceptors (Lipinski definition) is 5. The van der Waals surface area contributed by atoms with Gasteiger partial charge in [0.25, 0.3) is 0 Å². The first-order chi connectivity index (χ1) is 15.5. The first kappa shape index (κ1) is 20.9. The van der Waals surface area contributed by atoms with Crippen LogP contribution in [0.1, 0.15) is 42.7 Å². The Hall–Kier alpha value is -3.00. The van der Waals surface area contributed by atoms with E-state index >= 15 is 0 Å². The van der Waals surface area contributed by atoms with E-state index in [1.165, 1.54) is 20.7 Å². The van der Waals surface area contributed by atoms with Gasteiger partial charge in [-0.15, -0.1) is 11.3 Å². The van der Waals surface area contributed by atoms with Crippen LogP contribution in [0.3, 0.4) is 0 Å². The maximum Gasteiger partial charge on any atom is 0.365 e. The SMILES string of the molecule is C[C@H]1CCc2c(sc3ncn4c(nc(=O)n4CC(=O)N[C@@H](C)CCc4ccccc4)c23)C1. The summed E-state index contributed by atoms with van der Waals surface area (Å²) in [6.45, 7) is 4.18. The highest BCUT2D eigenvalue weighted by molar-refractivity contribution is 7.19. The van der Waals surface area contributed by atoms with E-state index in [4.69, 9.17) is 0 Å². The van der Waals surface area contributed by atoms with Gasteiger partial charge >= 0.3 is 5.69 Å².